The number of hydrogen-bond donors (Lipinski definition) is 1. The van der Waals surface area contributed by atoms with Crippen molar-refractivity contribution in [2.45, 2.75) is 18.9 Å². The molecule has 2 heterocycles. The lowest BCUT2D eigenvalue weighted by atomic mass is 9.90. The molecular formula is C11H16BrClN2O. The maximum absolute atomic E-state index is 6.19. The largest absolute Gasteiger partial charge is 0.381 e. The van der Waals surface area contributed by atoms with Crippen LogP contribution in [0.4, 0.5) is 0 Å². The molecule has 1 fully saturated rings. The summed E-state index contributed by atoms with van der Waals surface area (Å²) in [5, 5.41) is 0. The van der Waals surface area contributed by atoms with Crippen LogP contribution >= 0.6 is 28.3 Å². The first-order valence-electron chi connectivity index (χ1n) is 5.22. The number of nitrogens with zero attached hydrogens (tertiary/aromatic N) is 1. The van der Waals surface area contributed by atoms with E-state index in [1.165, 1.54) is 0 Å². The van der Waals surface area contributed by atoms with Gasteiger partial charge in [0.2, 0.25) is 0 Å². The highest BCUT2D eigenvalue weighted by atomic mass is 79.9. The Morgan fingerprint density at radius 2 is 2.06 bits per heavy atom. The Morgan fingerprint density at radius 3 is 2.62 bits per heavy atom. The third kappa shape index (κ3) is 3.42. The van der Waals surface area contributed by atoms with Crippen molar-refractivity contribution in [3.8, 4) is 0 Å². The van der Waals surface area contributed by atoms with Gasteiger partial charge in [0.15, 0.2) is 0 Å². The van der Waals surface area contributed by atoms with Crippen molar-refractivity contribution in [3.63, 3.8) is 0 Å². The smallest absolute Gasteiger partial charge is 0.0574 e. The fourth-order valence-electron chi connectivity index (χ4n) is 1.90. The van der Waals surface area contributed by atoms with Gasteiger partial charge in [-0.05, 0) is 46.8 Å². The predicted molar refractivity (Wildman–Crippen MR) is 69.7 cm³/mol. The zero-order valence-corrected chi connectivity index (χ0v) is 11.3. The average Bonchev–Trinajstić information content (AvgIpc) is 2.30. The van der Waals surface area contributed by atoms with E-state index in [0.717, 1.165) is 36.2 Å². The lowest BCUT2D eigenvalue weighted by Crippen LogP contribution is -2.28. The molecular weight excluding hydrogens is 291 g/mol. The lowest BCUT2D eigenvalue weighted by molar-refractivity contribution is 0.0579. The molecule has 1 atom stereocenters. The number of pyridine rings is 1. The van der Waals surface area contributed by atoms with E-state index in [1.807, 2.05) is 12.1 Å². The quantitative estimate of drug-likeness (QED) is 0.914. The number of ether oxygens (including phenoxy) is 1. The molecule has 0 aliphatic carbocycles. The van der Waals surface area contributed by atoms with Gasteiger partial charge in [0, 0.05) is 29.9 Å². The van der Waals surface area contributed by atoms with Crippen molar-refractivity contribution >= 4 is 28.3 Å². The molecule has 1 aliphatic rings. The van der Waals surface area contributed by atoms with Crippen LogP contribution in [-0.4, -0.2) is 18.2 Å². The Labute approximate surface area is 110 Å². The Bertz CT molecular complexity index is 314. The molecule has 2 N–H and O–H groups in total. The third-order valence-electron chi connectivity index (χ3n) is 2.87. The normalized spacial score (nSPS) is 18.9. The van der Waals surface area contributed by atoms with E-state index in [2.05, 4.69) is 20.9 Å². The molecule has 1 aromatic heterocycles. The van der Waals surface area contributed by atoms with E-state index in [1.54, 1.807) is 6.20 Å². The molecule has 2 rings (SSSR count). The predicted octanol–water partition coefficient (Wildman–Crippen LogP) is 2.69. The molecule has 0 saturated carbocycles. The molecule has 1 aromatic rings. The number of nitrogens with two attached hydrogens (primary N) is 1. The molecule has 90 valence electrons. The van der Waals surface area contributed by atoms with Crippen molar-refractivity contribution in [2.75, 3.05) is 13.2 Å². The topological polar surface area (TPSA) is 48.1 Å². The van der Waals surface area contributed by atoms with E-state index in [-0.39, 0.29) is 18.4 Å². The molecule has 16 heavy (non-hydrogen) atoms. The summed E-state index contributed by atoms with van der Waals surface area (Å²) < 4.78 is 6.31. The monoisotopic (exact) mass is 306 g/mol. The van der Waals surface area contributed by atoms with E-state index < -0.39 is 0 Å². The first kappa shape index (κ1) is 13.9. The number of hydrogen-bond acceptors (Lipinski definition) is 3. The molecule has 1 aliphatic heterocycles. The Kier molecular flexibility index (Phi) is 5.69. The molecule has 0 unspecified atom stereocenters. The number of rotatable bonds is 2. The molecule has 0 bridgehead atoms. The molecule has 0 spiro atoms. The second kappa shape index (κ2) is 6.55. The third-order valence-corrected chi connectivity index (χ3v) is 3.33. The Balaban J connectivity index is 0.00000128. The zero-order chi connectivity index (χ0) is 10.7. The Morgan fingerprint density at radius 1 is 1.38 bits per heavy atom. The van der Waals surface area contributed by atoms with Gasteiger partial charge in [-0.15, -0.1) is 12.4 Å². The van der Waals surface area contributed by atoms with Gasteiger partial charge in [-0.2, -0.15) is 0 Å². The minimum Gasteiger partial charge on any atom is -0.381 e. The van der Waals surface area contributed by atoms with Crippen molar-refractivity contribution < 1.29 is 4.74 Å². The van der Waals surface area contributed by atoms with Gasteiger partial charge in [0.05, 0.1) is 5.69 Å². The highest BCUT2D eigenvalue weighted by Crippen LogP contribution is 2.27. The van der Waals surface area contributed by atoms with Gasteiger partial charge >= 0.3 is 0 Å². The second-order valence-corrected chi connectivity index (χ2v) is 4.79. The number of aromatic nitrogens is 1. The molecule has 1 saturated heterocycles. The van der Waals surface area contributed by atoms with Crippen LogP contribution in [0.5, 0.6) is 0 Å². The second-order valence-electron chi connectivity index (χ2n) is 3.88. The highest BCUT2D eigenvalue weighted by Gasteiger charge is 2.22. The van der Waals surface area contributed by atoms with Crippen LogP contribution in [0.15, 0.2) is 22.8 Å². The summed E-state index contributed by atoms with van der Waals surface area (Å²) in [5.74, 6) is 0.507. The van der Waals surface area contributed by atoms with Crippen LogP contribution in [-0.2, 0) is 4.74 Å². The van der Waals surface area contributed by atoms with Crippen LogP contribution in [0.3, 0.4) is 0 Å². The summed E-state index contributed by atoms with van der Waals surface area (Å²) in [5.41, 5.74) is 7.16. The molecule has 0 amide bonds. The minimum atomic E-state index is 0. The zero-order valence-electron chi connectivity index (χ0n) is 8.93. The summed E-state index contributed by atoms with van der Waals surface area (Å²) in [6, 6.07) is 4.02. The van der Waals surface area contributed by atoms with Gasteiger partial charge in [-0.3, -0.25) is 4.98 Å². The van der Waals surface area contributed by atoms with Crippen LogP contribution in [0.25, 0.3) is 0 Å². The van der Waals surface area contributed by atoms with E-state index in [0.29, 0.717) is 5.92 Å². The first-order valence-corrected chi connectivity index (χ1v) is 6.01. The van der Waals surface area contributed by atoms with Gasteiger partial charge < -0.3 is 10.5 Å². The van der Waals surface area contributed by atoms with Crippen LogP contribution in [0.1, 0.15) is 24.6 Å². The van der Waals surface area contributed by atoms with Crippen molar-refractivity contribution in [1.29, 1.82) is 0 Å². The highest BCUT2D eigenvalue weighted by molar-refractivity contribution is 9.10. The molecule has 0 aromatic carbocycles. The summed E-state index contributed by atoms with van der Waals surface area (Å²) in [7, 11) is 0. The van der Waals surface area contributed by atoms with Crippen LogP contribution in [0.2, 0.25) is 0 Å². The molecule has 0 radical (unpaired) electrons. The Hall–Kier alpha value is -0.160. The van der Waals surface area contributed by atoms with Crippen LogP contribution < -0.4 is 5.73 Å². The standard InChI is InChI=1S/C11H15BrN2O.ClH/c12-9-1-2-10(14-7-9)11(13)8-3-5-15-6-4-8;/h1-2,7-8,11H,3-6,13H2;1H/t11-;/m1./s1. The average molecular weight is 308 g/mol. The van der Waals surface area contributed by atoms with Gasteiger partial charge in [-0.25, -0.2) is 0 Å². The summed E-state index contributed by atoms with van der Waals surface area (Å²) in [6.07, 6.45) is 3.88. The summed E-state index contributed by atoms with van der Waals surface area (Å²) in [4.78, 5) is 4.34. The van der Waals surface area contributed by atoms with Gasteiger partial charge in [-0.1, -0.05) is 0 Å². The fraction of sp³-hybridized carbons (Fsp3) is 0.545. The molecule has 3 nitrogen and oxygen atoms in total. The van der Waals surface area contributed by atoms with E-state index in [9.17, 15) is 0 Å². The lowest BCUT2D eigenvalue weighted by Gasteiger charge is -2.27. The maximum Gasteiger partial charge on any atom is 0.0574 e. The van der Waals surface area contributed by atoms with Gasteiger partial charge in [0.1, 0.15) is 0 Å². The van der Waals surface area contributed by atoms with Crippen LogP contribution in [0, 0.1) is 5.92 Å². The summed E-state index contributed by atoms with van der Waals surface area (Å²) >= 11 is 3.37. The van der Waals surface area contributed by atoms with Gasteiger partial charge in [0.25, 0.3) is 0 Å². The summed E-state index contributed by atoms with van der Waals surface area (Å²) in [6.45, 7) is 1.66. The minimum absolute atomic E-state index is 0. The fourth-order valence-corrected chi connectivity index (χ4v) is 2.14. The maximum atomic E-state index is 6.19. The number of halogens is 2. The SMILES string of the molecule is Cl.N[C@@H](c1ccc(Br)cn1)C1CCOCC1. The van der Waals surface area contributed by atoms with E-state index >= 15 is 0 Å². The van der Waals surface area contributed by atoms with Crippen molar-refractivity contribution in [1.82, 2.24) is 4.98 Å². The van der Waals surface area contributed by atoms with Crippen molar-refractivity contribution in [3.05, 3.63) is 28.5 Å². The van der Waals surface area contributed by atoms with Crippen molar-refractivity contribution in [2.24, 2.45) is 11.7 Å². The van der Waals surface area contributed by atoms with E-state index in [4.69, 9.17) is 10.5 Å². The molecule has 5 heteroatoms. The first-order chi connectivity index (χ1) is 7.27.